The predicted molar refractivity (Wildman–Crippen MR) is 67.0 cm³/mol. The van der Waals surface area contributed by atoms with Crippen LogP contribution in [0, 0.1) is 0 Å². The average Bonchev–Trinajstić information content (AvgIpc) is 2.68. The molecule has 0 saturated carbocycles. The second-order valence-corrected chi connectivity index (χ2v) is 4.61. The van der Waals surface area contributed by atoms with Crippen LogP contribution in [-0.2, 0) is 9.53 Å². The van der Waals surface area contributed by atoms with E-state index in [1.165, 1.54) is 6.92 Å². The third-order valence-corrected chi connectivity index (χ3v) is 2.70. The molecule has 0 aliphatic carbocycles. The number of H-pyrrole nitrogens is 1. The molecule has 0 amide bonds. The highest BCUT2D eigenvalue weighted by molar-refractivity contribution is 9.10. The SMILES string of the molecule is CC(=O)COC(=O)c1cc2cc(Br)ccc2[nH]1. The summed E-state index contributed by atoms with van der Waals surface area (Å²) in [5.74, 6) is -0.704. The van der Waals surface area contributed by atoms with Gasteiger partial charge in [-0.1, -0.05) is 15.9 Å². The Morgan fingerprint density at radius 3 is 2.82 bits per heavy atom. The number of nitrogens with one attached hydrogen (secondary N) is 1. The summed E-state index contributed by atoms with van der Waals surface area (Å²) in [7, 11) is 0. The lowest BCUT2D eigenvalue weighted by Crippen LogP contribution is -2.11. The van der Waals surface area contributed by atoms with Crippen LogP contribution in [0.5, 0.6) is 0 Å². The zero-order valence-corrected chi connectivity index (χ0v) is 10.7. The summed E-state index contributed by atoms with van der Waals surface area (Å²) in [6.45, 7) is 1.17. The molecule has 1 N–H and O–H groups in total. The first-order valence-electron chi connectivity index (χ1n) is 5.01. The first kappa shape index (κ1) is 11.9. The zero-order chi connectivity index (χ0) is 12.4. The number of aromatic amines is 1. The standard InChI is InChI=1S/C12H10BrNO3/c1-7(15)6-17-12(16)11-5-8-4-9(13)2-3-10(8)14-11/h2-5,14H,6H2,1H3. The molecule has 0 spiro atoms. The lowest BCUT2D eigenvalue weighted by atomic mass is 10.2. The number of ketones is 1. The number of hydrogen-bond donors (Lipinski definition) is 1. The molecule has 17 heavy (non-hydrogen) atoms. The molecule has 0 atom stereocenters. The van der Waals surface area contributed by atoms with E-state index in [0.717, 1.165) is 15.4 Å². The number of ether oxygens (including phenoxy) is 1. The fourth-order valence-electron chi connectivity index (χ4n) is 1.46. The van der Waals surface area contributed by atoms with Crippen LogP contribution < -0.4 is 0 Å². The van der Waals surface area contributed by atoms with Gasteiger partial charge < -0.3 is 9.72 Å². The summed E-state index contributed by atoms with van der Waals surface area (Å²) < 4.78 is 5.76. The molecule has 5 heteroatoms. The molecule has 1 aromatic heterocycles. The lowest BCUT2D eigenvalue weighted by molar-refractivity contribution is -0.120. The van der Waals surface area contributed by atoms with Gasteiger partial charge in [0.25, 0.3) is 0 Å². The van der Waals surface area contributed by atoms with Crippen LogP contribution in [0.1, 0.15) is 17.4 Å². The molecule has 88 valence electrons. The average molecular weight is 296 g/mol. The van der Waals surface area contributed by atoms with Crippen molar-refractivity contribution in [3.05, 3.63) is 34.4 Å². The summed E-state index contributed by atoms with van der Waals surface area (Å²) in [5, 5.41) is 0.911. The van der Waals surface area contributed by atoms with Gasteiger partial charge in [-0.25, -0.2) is 4.79 Å². The number of halogens is 1. The van der Waals surface area contributed by atoms with Crippen molar-refractivity contribution >= 4 is 38.6 Å². The van der Waals surface area contributed by atoms with Crippen molar-refractivity contribution in [1.82, 2.24) is 4.98 Å². The first-order valence-corrected chi connectivity index (χ1v) is 5.80. The molecular weight excluding hydrogens is 286 g/mol. The van der Waals surface area contributed by atoms with Gasteiger partial charge in [0.2, 0.25) is 0 Å². The van der Waals surface area contributed by atoms with E-state index in [9.17, 15) is 9.59 Å². The number of aromatic nitrogens is 1. The number of esters is 1. The summed E-state index contributed by atoms with van der Waals surface area (Å²) in [6, 6.07) is 7.33. The van der Waals surface area contributed by atoms with Crippen LogP contribution in [0.4, 0.5) is 0 Å². The monoisotopic (exact) mass is 295 g/mol. The molecule has 0 radical (unpaired) electrons. The van der Waals surface area contributed by atoms with Crippen LogP contribution >= 0.6 is 15.9 Å². The van der Waals surface area contributed by atoms with Gasteiger partial charge in [-0.05, 0) is 31.2 Å². The molecule has 0 aliphatic heterocycles. The van der Waals surface area contributed by atoms with Crippen LogP contribution in [0.2, 0.25) is 0 Å². The zero-order valence-electron chi connectivity index (χ0n) is 9.12. The summed E-state index contributed by atoms with van der Waals surface area (Å²) >= 11 is 3.35. The van der Waals surface area contributed by atoms with E-state index >= 15 is 0 Å². The molecule has 4 nitrogen and oxygen atoms in total. The first-order chi connectivity index (χ1) is 8.06. The number of carbonyl (C=O) groups excluding carboxylic acids is 2. The molecule has 2 rings (SSSR count). The highest BCUT2D eigenvalue weighted by atomic mass is 79.9. The number of benzene rings is 1. The fraction of sp³-hybridized carbons (Fsp3) is 0.167. The Hall–Kier alpha value is -1.62. The van der Waals surface area contributed by atoms with E-state index in [4.69, 9.17) is 4.74 Å². The molecular formula is C12H10BrNO3. The Labute approximate surface area is 106 Å². The molecule has 0 aliphatic rings. The molecule has 2 aromatic rings. The van der Waals surface area contributed by atoms with Crippen molar-refractivity contribution < 1.29 is 14.3 Å². The molecule has 0 saturated heterocycles. The second kappa shape index (κ2) is 4.71. The Morgan fingerprint density at radius 2 is 2.12 bits per heavy atom. The van der Waals surface area contributed by atoms with Gasteiger partial charge in [0.05, 0.1) is 0 Å². The van der Waals surface area contributed by atoms with Crippen molar-refractivity contribution in [2.75, 3.05) is 6.61 Å². The van der Waals surface area contributed by atoms with E-state index in [-0.39, 0.29) is 12.4 Å². The van der Waals surface area contributed by atoms with Gasteiger partial charge in [0.15, 0.2) is 5.78 Å². The second-order valence-electron chi connectivity index (χ2n) is 3.69. The smallest absolute Gasteiger partial charge is 0.355 e. The van der Waals surface area contributed by atoms with Crippen LogP contribution in [0.3, 0.4) is 0 Å². The van der Waals surface area contributed by atoms with E-state index < -0.39 is 5.97 Å². The van der Waals surface area contributed by atoms with Crippen molar-refractivity contribution in [1.29, 1.82) is 0 Å². The number of hydrogen-bond acceptors (Lipinski definition) is 3. The van der Waals surface area contributed by atoms with Gasteiger partial charge in [-0.3, -0.25) is 4.79 Å². The maximum atomic E-state index is 11.6. The van der Waals surface area contributed by atoms with Gasteiger partial charge in [0.1, 0.15) is 12.3 Å². The Balaban J connectivity index is 2.24. The highest BCUT2D eigenvalue weighted by Crippen LogP contribution is 2.20. The maximum Gasteiger partial charge on any atom is 0.355 e. The Bertz CT molecular complexity index is 588. The van der Waals surface area contributed by atoms with E-state index in [0.29, 0.717) is 5.69 Å². The van der Waals surface area contributed by atoms with E-state index in [1.807, 2.05) is 18.2 Å². The summed E-state index contributed by atoms with van der Waals surface area (Å²) in [5.41, 5.74) is 1.20. The van der Waals surface area contributed by atoms with Gasteiger partial charge in [-0.2, -0.15) is 0 Å². The van der Waals surface area contributed by atoms with Gasteiger partial charge in [-0.15, -0.1) is 0 Å². The van der Waals surface area contributed by atoms with Crippen molar-refractivity contribution in [3.63, 3.8) is 0 Å². The molecule has 0 unspecified atom stereocenters. The van der Waals surface area contributed by atoms with Crippen molar-refractivity contribution in [3.8, 4) is 0 Å². The molecule has 1 heterocycles. The lowest BCUT2D eigenvalue weighted by Gasteiger charge is -1.98. The van der Waals surface area contributed by atoms with Crippen LogP contribution in [0.25, 0.3) is 10.9 Å². The topological polar surface area (TPSA) is 59.2 Å². The molecule has 0 fully saturated rings. The van der Waals surface area contributed by atoms with Crippen molar-refractivity contribution in [2.24, 2.45) is 0 Å². The quantitative estimate of drug-likeness (QED) is 0.886. The normalized spacial score (nSPS) is 10.5. The largest absolute Gasteiger partial charge is 0.453 e. The predicted octanol–water partition coefficient (Wildman–Crippen LogP) is 2.68. The van der Waals surface area contributed by atoms with Gasteiger partial charge >= 0.3 is 5.97 Å². The molecule has 1 aromatic carbocycles. The Kier molecular flexibility index (Phi) is 3.28. The number of rotatable bonds is 3. The third kappa shape index (κ3) is 2.74. The van der Waals surface area contributed by atoms with Crippen molar-refractivity contribution in [2.45, 2.75) is 6.92 Å². The number of Topliss-reactive ketones (excluding diaryl/α,β-unsaturated/α-hetero) is 1. The number of carbonyl (C=O) groups is 2. The molecule has 0 bridgehead atoms. The minimum Gasteiger partial charge on any atom is -0.453 e. The van der Waals surface area contributed by atoms with Gasteiger partial charge in [0, 0.05) is 15.4 Å². The summed E-state index contributed by atoms with van der Waals surface area (Å²) in [6.07, 6.45) is 0. The number of fused-ring (bicyclic) bond motifs is 1. The fourth-order valence-corrected chi connectivity index (χ4v) is 1.84. The maximum absolute atomic E-state index is 11.6. The third-order valence-electron chi connectivity index (χ3n) is 2.21. The minimum atomic E-state index is -0.521. The highest BCUT2D eigenvalue weighted by Gasteiger charge is 2.11. The van der Waals surface area contributed by atoms with E-state index in [2.05, 4.69) is 20.9 Å². The van der Waals surface area contributed by atoms with Crippen LogP contribution in [0.15, 0.2) is 28.7 Å². The Morgan fingerprint density at radius 1 is 1.35 bits per heavy atom. The minimum absolute atomic E-state index is 0.183. The van der Waals surface area contributed by atoms with Crippen LogP contribution in [-0.4, -0.2) is 23.3 Å². The van der Waals surface area contributed by atoms with E-state index in [1.54, 1.807) is 6.07 Å². The summed E-state index contributed by atoms with van der Waals surface area (Å²) in [4.78, 5) is 25.2.